The highest BCUT2D eigenvalue weighted by atomic mass is 32.2. The monoisotopic (exact) mass is 298 g/mol. The molecule has 0 aliphatic carbocycles. The Labute approximate surface area is 118 Å². The number of sulfone groups is 1. The van der Waals surface area contributed by atoms with Crippen LogP contribution >= 0.6 is 0 Å². The molecule has 1 fully saturated rings. The van der Waals surface area contributed by atoms with Gasteiger partial charge in [-0.2, -0.15) is 0 Å². The fraction of sp³-hybridized carbons (Fsp3) is 0.462. The molecule has 110 valence electrons. The lowest BCUT2D eigenvalue weighted by Crippen LogP contribution is -2.32. The minimum Gasteiger partial charge on any atom is -0.465 e. The molecule has 1 aliphatic heterocycles. The number of anilines is 2. The minimum atomic E-state index is -2.89. The second-order valence-electron chi connectivity index (χ2n) is 4.83. The van der Waals surface area contributed by atoms with Crippen molar-refractivity contribution in [2.45, 2.75) is 18.9 Å². The van der Waals surface area contributed by atoms with E-state index >= 15 is 0 Å². The number of hydrogen-bond donors (Lipinski definition) is 2. The summed E-state index contributed by atoms with van der Waals surface area (Å²) in [4.78, 5) is 11.6. The van der Waals surface area contributed by atoms with Crippen LogP contribution in [0.5, 0.6) is 0 Å². The fourth-order valence-corrected chi connectivity index (χ4v) is 3.72. The molecule has 6 nitrogen and oxygen atoms in total. The third-order valence-electron chi connectivity index (χ3n) is 3.43. The van der Waals surface area contributed by atoms with E-state index in [4.69, 9.17) is 5.73 Å². The first kappa shape index (κ1) is 14.6. The van der Waals surface area contributed by atoms with Gasteiger partial charge in [-0.05, 0) is 25.0 Å². The predicted octanol–water partition coefficient (Wildman–Crippen LogP) is 1.04. The molecule has 0 bridgehead atoms. The Hall–Kier alpha value is -1.76. The van der Waals surface area contributed by atoms with E-state index in [9.17, 15) is 13.2 Å². The first-order chi connectivity index (χ1) is 9.43. The number of ether oxygens (including phenoxy) is 1. The van der Waals surface area contributed by atoms with E-state index in [0.29, 0.717) is 29.8 Å². The zero-order valence-electron chi connectivity index (χ0n) is 11.3. The molecule has 20 heavy (non-hydrogen) atoms. The van der Waals surface area contributed by atoms with Gasteiger partial charge in [-0.1, -0.05) is 6.07 Å². The van der Waals surface area contributed by atoms with Crippen LogP contribution in [0, 0.1) is 0 Å². The quantitative estimate of drug-likeness (QED) is 0.639. The van der Waals surface area contributed by atoms with Crippen LogP contribution in [0.15, 0.2) is 18.2 Å². The Kier molecular flexibility index (Phi) is 4.17. The van der Waals surface area contributed by atoms with Crippen LogP contribution in [0.3, 0.4) is 0 Å². The lowest BCUT2D eigenvalue weighted by atomic mass is 10.1. The second kappa shape index (κ2) is 5.70. The first-order valence-electron chi connectivity index (χ1n) is 6.37. The summed E-state index contributed by atoms with van der Waals surface area (Å²) in [5.74, 6) is -0.125. The van der Waals surface area contributed by atoms with Crippen molar-refractivity contribution in [1.82, 2.24) is 0 Å². The van der Waals surface area contributed by atoms with Crippen LogP contribution in [0.1, 0.15) is 23.2 Å². The molecule has 1 aromatic rings. The number of rotatable bonds is 3. The number of para-hydroxylation sites is 1. The van der Waals surface area contributed by atoms with Gasteiger partial charge in [0, 0.05) is 6.04 Å². The smallest absolute Gasteiger partial charge is 0.340 e. The average molecular weight is 298 g/mol. The molecule has 1 saturated heterocycles. The summed E-state index contributed by atoms with van der Waals surface area (Å²) in [6.45, 7) is 0. The van der Waals surface area contributed by atoms with Crippen molar-refractivity contribution in [3.8, 4) is 0 Å². The number of methoxy groups -OCH3 is 1. The summed E-state index contributed by atoms with van der Waals surface area (Å²) in [7, 11) is -1.59. The fourth-order valence-electron chi connectivity index (χ4n) is 2.23. The summed E-state index contributed by atoms with van der Waals surface area (Å²) in [6, 6.07) is 5.13. The minimum absolute atomic E-state index is 0.0497. The number of nitrogens with two attached hydrogens (primary N) is 1. The van der Waals surface area contributed by atoms with E-state index in [2.05, 4.69) is 10.1 Å². The van der Waals surface area contributed by atoms with Gasteiger partial charge in [0.25, 0.3) is 0 Å². The van der Waals surface area contributed by atoms with E-state index in [0.717, 1.165) is 0 Å². The molecule has 1 aromatic carbocycles. The van der Waals surface area contributed by atoms with Gasteiger partial charge < -0.3 is 15.8 Å². The zero-order chi connectivity index (χ0) is 14.8. The van der Waals surface area contributed by atoms with Crippen molar-refractivity contribution in [3.63, 3.8) is 0 Å². The normalized spacial score (nSPS) is 18.4. The van der Waals surface area contributed by atoms with Gasteiger partial charge >= 0.3 is 5.97 Å². The zero-order valence-corrected chi connectivity index (χ0v) is 12.1. The molecule has 0 spiro atoms. The molecule has 0 unspecified atom stereocenters. The molecule has 0 atom stereocenters. The number of nitrogen functional groups attached to an aromatic ring is 1. The molecule has 0 amide bonds. The maximum absolute atomic E-state index is 11.6. The summed E-state index contributed by atoms with van der Waals surface area (Å²) < 4.78 is 27.4. The van der Waals surface area contributed by atoms with Gasteiger partial charge in [-0.15, -0.1) is 0 Å². The Bertz CT molecular complexity index is 599. The molecule has 0 radical (unpaired) electrons. The molecule has 3 N–H and O–H groups in total. The SMILES string of the molecule is COC(=O)c1cccc(NC2CCS(=O)(=O)CC2)c1N. The van der Waals surface area contributed by atoms with Crippen LogP contribution in [0.25, 0.3) is 0 Å². The highest BCUT2D eigenvalue weighted by Crippen LogP contribution is 2.26. The van der Waals surface area contributed by atoms with E-state index in [1.54, 1.807) is 18.2 Å². The molecule has 7 heteroatoms. The van der Waals surface area contributed by atoms with Gasteiger partial charge in [0.1, 0.15) is 9.84 Å². The van der Waals surface area contributed by atoms with Crippen LogP contribution in [-0.2, 0) is 14.6 Å². The number of benzene rings is 1. The Balaban J connectivity index is 2.13. The van der Waals surface area contributed by atoms with Crippen LogP contribution in [0.2, 0.25) is 0 Å². The van der Waals surface area contributed by atoms with E-state index in [-0.39, 0.29) is 17.5 Å². The molecular weight excluding hydrogens is 280 g/mol. The van der Waals surface area contributed by atoms with E-state index in [1.165, 1.54) is 7.11 Å². The number of esters is 1. The van der Waals surface area contributed by atoms with Gasteiger partial charge in [-0.25, -0.2) is 13.2 Å². The molecule has 0 aromatic heterocycles. The largest absolute Gasteiger partial charge is 0.465 e. The third-order valence-corrected chi connectivity index (χ3v) is 5.14. The van der Waals surface area contributed by atoms with Crippen molar-refractivity contribution >= 4 is 27.2 Å². The standard InChI is InChI=1S/C13H18N2O4S/c1-19-13(16)10-3-2-4-11(12(10)14)15-9-5-7-20(17,18)8-6-9/h2-4,9,15H,5-8,14H2,1H3. The number of carbonyl (C=O) groups is 1. The molecule has 1 heterocycles. The van der Waals surface area contributed by atoms with Crippen molar-refractivity contribution in [1.29, 1.82) is 0 Å². The summed E-state index contributed by atoms with van der Waals surface area (Å²) in [5, 5.41) is 3.21. The Morgan fingerprint density at radius 3 is 2.60 bits per heavy atom. The number of carbonyl (C=O) groups excluding carboxylic acids is 1. The van der Waals surface area contributed by atoms with Crippen molar-refractivity contribution < 1.29 is 17.9 Å². The molecule has 2 rings (SSSR count). The second-order valence-corrected chi connectivity index (χ2v) is 7.13. The highest BCUT2D eigenvalue weighted by Gasteiger charge is 2.24. The summed E-state index contributed by atoms with van der Waals surface area (Å²) >= 11 is 0. The van der Waals surface area contributed by atoms with E-state index in [1.807, 2.05) is 0 Å². The lowest BCUT2D eigenvalue weighted by molar-refractivity contribution is 0.0602. The average Bonchev–Trinajstić information content (AvgIpc) is 2.42. The number of hydrogen-bond acceptors (Lipinski definition) is 6. The van der Waals surface area contributed by atoms with E-state index < -0.39 is 15.8 Å². The van der Waals surface area contributed by atoms with Gasteiger partial charge in [-0.3, -0.25) is 0 Å². The topological polar surface area (TPSA) is 98.5 Å². The van der Waals surface area contributed by atoms with Crippen molar-refractivity contribution in [2.24, 2.45) is 0 Å². The van der Waals surface area contributed by atoms with Gasteiger partial charge in [0.2, 0.25) is 0 Å². The maximum Gasteiger partial charge on any atom is 0.340 e. The third kappa shape index (κ3) is 3.22. The van der Waals surface area contributed by atoms with Gasteiger partial charge in [0.15, 0.2) is 0 Å². The van der Waals surface area contributed by atoms with Gasteiger partial charge in [0.05, 0.1) is 35.6 Å². The molecule has 0 saturated carbocycles. The van der Waals surface area contributed by atoms with Crippen LogP contribution in [-0.4, -0.2) is 39.0 Å². The summed E-state index contributed by atoms with van der Waals surface area (Å²) in [5.41, 5.74) is 7.22. The van der Waals surface area contributed by atoms with Crippen molar-refractivity contribution in [2.75, 3.05) is 29.7 Å². The Morgan fingerprint density at radius 1 is 1.35 bits per heavy atom. The van der Waals surface area contributed by atoms with Crippen molar-refractivity contribution in [3.05, 3.63) is 23.8 Å². The predicted molar refractivity (Wildman–Crippen MR) is 77.5 cm³/mol. The van der Waals surface area contributed by atoms with Crippen LogP contribution in [0.4, 0.5) is 11.4 Å². The lowest BCUT2D eigenvalue weighted by Gasteiger charge is -2.25. The number of nitrogens with one attached hydrogen (secondary N) is 1. The highest BCUT2D eigenvalue weighted by molar-refractivity contribution is 7.91. The summed E-state index contributed by atoms with van der Waals surface area (Å²) in [6.07, 6.45) is 1.09. The molecule has 1 aliphatic rings. The maximum atomic E-state index is 11.6. The van der Waals surface area contributed by atoms with Crippen LogP contribution < -0.4 is 11.1 Å². The first-order valence-corrected chi connectivity index (χ1v) is 8.19. The molecular formula is C13H18N2O4S. The Morgan fingerprint density at radius 2 is 2.00 bits per heavy atom.